The number of carboxylic acids is 1. The van der Waals surface area contributed by atoms with Gasteiger partial charge in [0.25, 0.3) is 0 Å². The highest BCUT2D eigenvalue weighted by atomic mass is 16.5. The van der Waals surface area contributed by atoms with Crippen LogP contribution in [0.1, 0.15) is 22.3 Å². The number of rotatable bonds is 7. The van der Waals surface area contributed by atoms with Gasteiger partial charge in [-0.2, -0.15) is 0 Å². The monoisotopic (exact) mass is 376 g/mol. The highest BCUT2D eigenvalue weighted by Crippen LogP contribution is 2.30. The van der Waals surface area contributed by atoms with Gasteiger partial charge in [-0.05, 0) is 72.5 Å². The molecule has 0 amide bonds. The molecular formula is C22H20N2O4. The second-order valence-corrected chi connectivity index (χ2v) is 6.23. The van der Waals surface area contributed by atoms with Crippen LogP contribution < -0.4 is 9.47 Å². The van der Waals surface area contributed by atoms with Crippen molar-refractivity contribution >= 4 is 12.0 Å². The first-order chi connectivity index (χ1) is 13.5. The molecule has 0 aliphatic heterocycles. The van der Waals surface area contributed by atoms with Crippen molar-refractivity contribution in [3.8, 4) is 17.4 Å². The molecule has 6 heteroatoms. The molecule has 0 atom stereocenters. The lowest BCUT2D eigenvalue weighted by Crippen LogP contribution is -1.97. The molecule has 2 heterocycles. The van der Waals surface area contributed by atoms with Gasteiger partial charge in [0.15, 0.2) is 0 Å². The molecule has 0 unspecified atom stereocenters. The summed E-state index contributed by atoms with van der Waals surface area (Å²) in [4.78, 5) is 18.9. The van der Waals surface area contributed by atoms with E-state index < -0.39 is 5.97 Å². The minimum absolute atomic E-state index is 0.438. The van der Waals surface area contributed by atoms with Gasteiger partial charge in [0.1, 0.15) is 18.1 Å². The number of aliphatic carboxylic acids is 1. The van der Waals surface area contributed by atoms with E-state index in [1.165, 1.54) is 0 Å². The molecule has 0 spiro atoms. The molecule has 1 N–H and O–H groups in total. The number of benzene rings is 1. The van der Waals surface area contributed by atoms with Crippen molar-refractivity contribution in [3.63, 3.8) is 0 Å². The van der Waals surface area contributed by atoms with Crippen molar-refractivity contribution in [1.82, 2.24) is 9.97 Å². The molecule has 3 rings (SSSR count). The Morgan fingerprint density at radius 3 is 2.43 bits per heavy atom. The first kappa shape index (κ1) is 19.1. The zero-order valence-corrected chi connectivity index (χ0v) is 15.6. The van der Waals surface area contributed by atoms with E-state index in [0.29, 0.717) is 24.0 Å². The number of aryl methyl sites for hydroxylation is 2. The van der Waals surface area contributed by atoms with Crippen LogP contribution in [0.2, 0.25) is 0 Å². The maximum Gasteiger partial charge on any atom is 0.328 e. The van der Waals surface area contributed by atoms with Crippen molar-refractivity contribution in [3.05, 3.63) is 83.3 Å². The average Bonchev–Trinajstić information content (AvgIpc) is 2.69. The maximum atomic E-state index is 10.7. The molecule has 142 valence electrons. The lowest BCUT2D eigenvalue weighted by atomic mass is 10.1. The van der Waals surface area contributed by atoms with Gasteiger partial charge in [-0.25, -0.2) is 9.78 Å². The summed E-state index contributed by atoms with van der Waals surface area (Å²) >= 11 is 0. The van der Waals surface area contributed by atoms with Crippen molar-refractivity contribution in [2.45, 2.75) is 20.5 Å². The molecule has 28 heavy (non-hydrogen) atoms. The number of carboxylic acid groups (broad SMARTS) is 1. The van der Waals surface area contributed by atoms with Gasteiger partial charge >= 0.3 is 5.97 Å². The Morgan fingerprint density at radius 1 is 1.11 bits per heavy atom. The van der Waals surface area contributed by atoms with Gasteiger partial charge in [-0.1, -0.05) is 0 Å². The van der Waals surface area contributed by atoms with E-state index in [4.69, 9.17) is 14.6 Å². The molecule has 0 aliphatic rings. The minimum Gasteiger partial charge on any atom is -0.487 e. The molecule has 0 fully saturated rings. The Balaban J connectivity index is 1.67. The van der Waals surface area contributed by atoms with Crippen molar-refractivity contribution in [2.24, 2.45) is 0 Å². The Hall–Kier alpha value is -3.67. The predicted octanol–water partition coefficient (Wildman–Crippen LogP) is 4.56. The lowest BCUT2D eigenvalue weighted by molar-refractivity contribution is -0.131. The van der Waals surface area contributed by atoms with E-state index in [9.17, 15) is 4.79 Å². The van der Waals surface area contributed by atoms with E-state index in [0.717, 1.165) is 28.3 Å². The molecule has 0 saturated carbocycles. The number of nitrogens with zero attached hydrogens (tertiary/aromatic N) is 2. The van der Waals surface area contributed by atoms with Gasteiger partial charge in [-0.15, -0.1) is 0 Å². The van der Waals surface area contributed by atoms with Crippen LogP contribution in [0.5, 0.6) is 17.4 Å². The lowest BCUT2D eigenvalue weighted by Gasteiger charge is -2.13. The first-order valence-corrected chi connectivity index (χ1v) is 8.69. The number of ether oxygens (including phenoxy) is 2. The van der Waals surface area contributed by atoms with Crippen molar-refractivity contribution in [1.29, 1.82) is 0 Å². The molecule has 0 radical (unpaired) electrons. The normalized spacial score (nSPS) is 10.8. The molecule has 3 aromatic rings. The van der Waals surface area contributed by atoms with Gasteiger partial charge in [0.2, 0.25) is 5.88 Å². The largest absolute Gasteiger partial charge is 0.487 e. The van der Waals surface area contributed by atoms with Crippen molar-refractivity contribution in [2.75, 3.05) is 0 Å². The van der Waals surface area contributed by atoms with Crippen molar-refractivity contribution < 1.29 is 19.4 Å². The third-order valence-corrected chi connectivity index (χ3v) is 3.97. The number of aromatic nitrogens is 2. The summed E-state index contributed by atoms with van der Waals surface area (Å²) in [6.45, 7) is 4.26. The molecule has 6 nitrogen and oxygen atoms in total. The van der Waals surface area contributed by atoms with Gasteiger partial charge in [0.05, 0.1) is 6.20 Å². The van der Waals surface area contributed by atoms with Crippen LogP contribution in [-0.2, 0) is 11.4 Å². The SMILES string of the molecule is Cc1cc(C=CC(=O)O)cc(C)c1Oc1ccc(OCc2ccncc2)cn1. The third kappa shape index (κ3) is 5.17. The smallest absolute Gasteiger partial charge is 0.328 e. The number of carbonyl (C=O) groups is 1. The highest BCUT2D eigenvalue weighted by molar-refractivity contribution is 5.85. The Labute approximate surface area is 163 Å². The standard InChI is InChI=1S/C22H20N2O4/c1-15-11-18(3-6-21(25)26)12-16(2)22(15)28-20-5-4-19(13-24-20)27-14-17-7-9-23-10-8-17/h3-13H,14H2,1-2H3,(H,25,26). The van der Waals surface area contributed by atoms with E-state index >= 15 is 0 Å². The maximum absolute atomic E-state index is 10.7. The number of pyridine rings is 2. The fourth-order valence-electron chi connectivity index (χ4n) is 2.67. The number of hydrogen-bond acceptors (Lipinski definition) is 5. The molecule has 0 bridgehead atoms. The van der Waals surface area contributed by atoms with Gasteiger partial charge in [0, 0.05) is 24.5 Å². The van der Waals surface area contributed by atoms with E-state index in [2.05, 4.69) is 9.97 Å². The molecule has 1 aromatic carbocycles. The summed E-state index contributed by atoms with van der Waals surface area (Å²) in [5.74, 6) is 0.819. The first-order valence-electron chi connectivity index (χ1n) is 8.69. The fourth-order valence-corrected chi connectivity index (χ4v) is 2.67. The van der Waals surface area contributed by atoms with Crippen LogP contribution in [0.25, 0.3) is 6.08 Å². The summed E-state index contributed by atoms with van der Waals surface area (Å²) in [5.41, 5.74) is 3.62. The Kier molecular flexibility index (Phi) is 6.01. The van der Waals surface area contributed by atoms with Gasteiger partial charge < -0.3 is 14.6 Å². The van der Waals surface area contributed by atoms with Crippen LogP contribution in [0, 0.1) is 13.8 Å². The minimum atomic E-state index is -0.980. The second kappa shape index (κ2) is 8.81. The molecule has 0 saturated heterocycles. The predicted molar refractivity (Wildman–Crippen MR) is 105 cm³/mol. The number of hydrogen-bond donors (Lipinski definition) is 1. The van der Waals surface area contributed by atoms with E-state index in [-0.39, 0.29) is 0 Å². The van der Waals surface area contributed by atoms with E-state index in [1.54, 1.807) is 36.8 Å². The van der Waals surface area contributed by atoms with Crippen LogP contribution in [0.4, 0.5) is 0 Å². The second-order valence-electron chi connectivity index (χ2n) is 6.23. The fraction of sp³-hybridized carbons (Fsp3) is 0.136. The summed E-state index contributed by atoms with van der Waals surface area (Å²) in [5, 5.41) is 8.76. The van der Waals surface area contributed by atoms with Gasteiger partial charge in [-0.3, -0.25) is 4.98 Å². The average molecular weight is 376 g/mol. The highest BCUT2D eigenvalue weighted by Gasteiger charge is 2.08. The van der Waals surface area contributed by atoms with Crippen LogP contribution in [0.15, 0.2) is 61.1 Å². The quantitative estimate of drug-likeness (QED) is 0.609. The summed E-state index contributed by atoms with van der Waals surface area (Å²) < 4.78 is 11.6. The summed E-state index contributed by atoms with van der Waals surface area (Å²) in [7, 11) is 0. The topological polar surface area (TPSA) is 81.5 Å². The molecule has 0 aliphatic carbocycles. The Bertz CT molecular complexity index is 960. The summed E-state index contributed by atoms with van der Waals surface area (Å²) in [6.07, 6.45) is 7.73. The summed E-state index contributed by atoms with van der Waals surface area (Å²) in [6, 6.07) is 11.1. The zero-order valence-electron chi connectivity index (χ0n) is 15.6. The van der Waals surface area contributed by atoms with Crippen LogP contribution >= 0.6 is 0 Å². The zero-order chi connectivity index (χ0) is 19.9. The van der Waals surface area contributed by atoms with Crippen LogP contribution in [-0.4, -0.2) is 21.0 Å². The molecular weight excluding hydrogens is 356 g/mol. The molecule has 2 aromatic heterocycles. The van der Waals surface area contributed by atoms with E-state index in [1.807, 2.05) is 38.1 Å². The van der Waals surface area contributed by atoms with Crippen LogP contribution in [0.3, 0.4) is 0 Å². The third-order valence-electron chi connectivity index (χ3n) is 3.97. The Morgan fingerprint density at radius 2 is 1.82 bits per heavy atom.